The Bertz CT molecular complexity index is 472. The molecular weight excluding hydrogens is 244 g/mol. The Morgan fingerprint density at radius 2 is 2.11 bits per heavy atom. The van der Waals surface area contributed by atoms with Gasteiger partial charge in [-0.15, -0.1) is 0 Å². The number of carbonyl (C=O) groups is 1. The van der Waals surface area contributed by atoms with Crippen LogP contribution in [0.15, 0.2) is 0 Å². The molecule has 6 heteroatoms. The summed E-state index contributed by atoms with van der Waals surface area (Å²) in [5, 5.41) is 3.27. The standard InChI is InChI=1S/C13H20N4O2/c1-4-17(5-2)13-15-10-8-14-7-6-9(10)11(16-13)12(18)19-3/h14H,4-8H2,1-3H3. The number of hydrogen-bond acceptors (Lipinski definition) is 6. The molecule has 0 saturated heterocycles. The number of hydrogen-bond donors (Lipinski definition) is 1. The highest BCUT2D eigenvalue weighted by Crippen LogP contribution is 2.20. The molecular formula is C13H20N4O2. The Morgan fingerprint density at radius 3 is 2.74 bits per heavy atom. The van der Waals surface area contributed by atoms with Gasteiger partial charge in [0, 0.05) is 25.2 Å². The SMILES string of the molecule is CCN(CC)c1nc2c(c(C(=O)OC)n1)CCNC2. The zero-order valence-electron chi connectivity index (χ0n) is 11.7. The maximum absolute atomic E-state index is 11.9. The molecule has 0 amide bonds. The van der Waals surface area contributed by atoms with Crippen molar-refractivity contribution < 1.29 is 9.53 Å². The molecule has 0 aromatic carbocycles. The molecule has 0 saturated carbocycles. The summed E-state index contributed by atoms with van der Waals surface area (Å²) < 4.78 is 4.84. The van der Waals surface area contributed by atoms with Crippen molar-refractivity contribution in [2.24, 2.45) is 0 Å². The molecule has 6 nitrogen and oxygen atoms in total. The smallest absolute Gasteiger partial charge is 0.357 e. The van der Waals surface area contributed by atoms with Crippen molar-refractivity contribution >= 4 is 11.9 Å². The largest absolute Gasteiger partial charge is 0.464 e. The van der Waals surface area contributed by atoms with E-state index in [0.717, 1.165) is 37.3 Å². The van der Waals surface area contributed by atoms with Crippen LogP contribution < -0.4 is 10.2 Å². The van der Waals surface area contributed by atoms with Crippen LogP contribution >= 0.6 is 0 Å². The molecule has 1 aliphatic heterocycles. The minimum atomic E-state index is -0.381. The van der Waals surface area contributed by atoms with Crippen molar-refractivity contribution in [1.29, 1.82) is 0 Å². The average molecular weight is 264 g/mol. The normalized spacial score (nSPS) is 13.8. The summed E-state index contributed by atoms with van der Waals surface area (Å²) in [5.41, 5.74) is 2.24. The molecule has 0 fully saturated rings. The Labute approximate surface area is 113 Å². The summed E-state index contributed by atoms with van der Waals surface area (Å²) in [6.07, 6.45) is 0.762. The van der Waals surface area contributed by atoms with E-state index in [1.165, 1.54) is 7.11 Å². The zero-order valence-corrected chi connectivity index (χ0v) is 11.7. The van der Waals surface area contributed by atoms with Gasteiger partial charge in [0.2, 0.25) is 5.95 Å². The molecule has 19 heavy (non-hydrogen) atoms. The van der Waals surface area contributed by atoms with E-state index >= 15 is 0 Å². The monoisotopic (exact) mass is 264 g/mol. The Morgan fingerprint density at radius 1 is 1.37 bits per heavy atom. The van der Waals surface area contributed by atoms with Crippen LogP contribution in [0.3, 0.4) is 0 Å². The summed E-state index contributed by atoms with van der Waals surface area (Å²) >= 11 is 0. The Kier molecular flexibility index (Phi) is 4.31. The van der Waals surface area contributed by atoms with Gasteiger partial charge in [0.1, 0.15) is 0 Å². The molecule has 0 spiro atoms. The molecule has 0 radical (unpaired) electrons. The number of nitrogens with one attached hydrogen (secondary N) is 1. The van der Waals surface area contributed by atoms with E-state index in [0.29, 0.717) is 18.2 Å². The summed E-state index contributed by atoms with van der Waals surface area (Å²) in [6.45, 7) is 7.22. The van der Waals surface area contributed by atoms with Gasteiger partial charge >= 0.3 is 5.97 Å². The van der Waals surface area contributed by atoms with E-state index in [1.54, 1.807) is 0 Å². The second kappa shape index (κ2) is 5.97. The number of esters is 1. The van der Waals surface area contributed by atoms with Gasteiger partial charge in [-0.3, -0.25) is 0 Å². The predicted molar refractivity (Wildman–Crippen MR) is 72.3 cm³/mol. The first-order valence-electron chi connectivity index (χ1n) is 6.65. The number of carbonyl (C=O) groups excluding carboxylic acids is 1. The molecule has 1 aliphatic rings. The lowest BCUT2D eigenvalue weighted by atomic mass is 10.0. The highest BCUT2D eigenvalue weighted by Gasteiger charge is 2.23. The van der Waals surface area contributed by atoms with Crippen molar-refractivity contribution in [2.75, 3.05) is 31.6 Å². The van der Waals surface area contributed by atoms with E-state index in [9.17, 15) is 4.79 Å². The fraction of sp³-hybridized carbons (Fsp3) is 0.615. The number of anilines is 1. The van der Waals surface area contributed by atoms with Crippen LogP contribution in [0, 0.1) is 0 Å². The van der Waals surface area contributed by atoms with Crippen molar-refractivity contribution in [3.63, 3.8) is 0 Å². The first-order valence-corrected chi connectivity index (χ1v) is 6.65. The maximum atomic E-state index is 11.9. The summed E-state index contributed by atoms with van der Waals surface area (Å²) in [6, 6.07) is 0. The average Bonchev–Trinajstić information content (AvgIpc) is 2.47. The molecule has 2 rings (SSSR count). The van der Waals surface area contributed by atoms with Crippen molar-refractivity contribution in [1.82, 2.24) is 15.3 Å². The quantitative estimate of drug-likeness (QED) is 0.810. The lowest BCUT2D eigenvalue weighted by Gasteiger charge is -2.23. The van der Waals surface area contributed by atoms with Crippen LogP contribution in [-0.4, -0.2) is 42.7 Å². The van der Waals surface area contributed by atoms with Crippen LogP contribution in [0.1, 0.15) is 35.6 Å². The van der Waals surface area contributed by atoms with E-state index in [-0.39, 0.29) is 5.97 Å². The van der Waals surface area contributed by atoms with E-state index in [2.05, 4.69) is 15.3 Å². The van der Waals surface area contributed by atoms with Gasteiger partial charge in [-0.1, -0.05) is 0 Å². The second-order valence-corrected chi connectivity index (χ2v) is 4.39. The van der Waals surface area contributed by atoms with Gasteiger partial charge in [0.25, 0.3) is 0 Å². The maximum Gasteiger partial charge on any atom is 0.357 e. The molecule has 0 unspecified atom stereocenters. The van der Waals surface area contributed by atoms with Crippen molar-refractivity contribution in [3.05, 3.63) is 17.0 Å². The van der Waals surface area contributed by atoms with Gasteiger partial charge in [-0.2, -0.15) is 0 Å². The topological polar surface area (TPSA) is 67.4 Å². The fourth-order valence-electron chi connectivity index (χ4n) is 2.26. The Hall–Kier alpha value is -1.69. The predicted octanol–water partition coefficient (Wildman–Crippen LogP) is 0.755. The van der Waals surface area contributed by atoms with E-state index in [4.69, 9.17) is 4.74 Å². The van der Waals surface area contributed by atoms with Crippen LogP contribution in [0.5, 0.6) is 0 Å². The number of fused-ring (bicyclic) bond motifs is 1. The van der Waals surface area contributed by atoms with Crippen LogP contribution in [0.25, 0.3) is 0 Å². The van der Waals surface area contributed by atoms with Gasteiger partial charge < -0.3 is 15.0 Å². The lowest BCUT2D eigenvalue weighted by molar-refractivity contribution is 0.0592. The van der Waals surface area contributed by atoms with Gasteiger partial charge in [-0.05, 0) is 26.8 Å². The third-order valence-electron chi connectivity index (χ3n) is 3.35. The summed E-state index contributed by atoms with van der Waals surface area (Å²) in [4.78, 5) is 22.9. The molecule has 1 N–H and O–H groups in total. The van der Waals surface area contributed by atoms with Crippen LogP contribution in [0.2, 0.25) is 0 Å². The van der Waals surface area contributed by atoms with Gasteiger partial charge in [0.05, 0.1) is 12.8 Å². The van der Waals surface area contributed by atoms with Gasteiger partial charge in [-0.25, -0.2) is 14.8 Å². The molecule has 2 heterocycles. The molecule has 1 aromatic rings. The zero-order chi connectivity index (χ0) is 13.8. The molecule has 0 bridgehead atoms. The fourth-order valence-corrected chi connectivity index (χ4v) is 2.26. The summed E-state index contributed by atoms with van der Waals surface area (Å²) in [5.74, 6) is 0.224. The highest BCUT2D eigenvalue weighted by molar-refractivity contribution is 5.89. The number of methoxy groups -OCH3 is 1. The minimum Gasteiger partial charge on any atom is -0.464 e. The third-order valence-corrected chi connectivity index (χ3v) is 3.35. The Balaban J connectivity index is 2.50. The van der Waals surface area contributed by atoms with Crippen molar-refractivity contribution in [3.8, 4) is 0 Å². The first-order chi connectivity index (χ1) is 9.21. The summed E-state index contributed by atoms with van der Waals surface area (Å²) in [7, 11) is 1.38. The van der Waals surface area contributed by atoms with E-state index in [1.807, 2.05) is 18.7 Å². The van der Waals surface area contributed by atoms with E-state index < -0.39 is 0 Å². The molecule has 0 aliphatic carbocycles. The first kappa shape index (κ1) is 13.7. The molecule has 104 valence electrons. The lowest BCUT2D eigenvalue weighted by Crippen LogP contribution is -2.31. The van der Waals surface area contributed by atoms with Gasteiger partial charge in [0.15, 0.2) is 5.69 Å². The molecule has 0 atom stereocenters. The number of aromatic nitrogens is 2. The van der Waals surface area contributed by atoms with Crippen molar-refractivity contribution in [2.45, 2.75) is 26.8 Å². The third kappa shape index (κ3) is 2.68. The second-order valence-electron chi connectivity index (χ2n) is 4.39. The van der Waals surface area contributed by atoms with Crippen LogP contribution in [0.4, 0.5) is 5.95 Å². The number of ether oxygens (including phenoxy) is 1. The number of rotatable bonds is 4. The molecule has 1 aromatic heterocycles. The van der Waals surface area contributed by atoms with Crippen LogP contribution in [-0.2, 0) is 17.7 Å². The number of nitrogens with zero attached hydrogens (tertiary/aromatic N) is 3. The highest BCUT2D eigenvalue weighted by atomic mass is 16.5. The minimum absolute atomic E-state index is 0.381.